The zero-order chi connectivity index (χ0) is 13.9. The van der Waals surface area contributed by atoms with E-state index in [0.29, 0.717) is 6.54 Å². The van der Waals surface area contributed by atoms with E-state index >= 15 is 0 Å². The van der Waals surface area contributed by atoms with Crippen molar-refractivity contribution >= 4 is 34.2 Å². The van der Waals surface area contributed by atoms with Gasteiger partial charge >= 0.3 is 0 Å². The lowest BCUT2D eigenvalue weighted by Crippen LogP contribution is -2.45. The van der Waals surface area contributed by atoms with Crippen LogP contribution in [0.1, 0.15) is 32.3 Å². The molecule has 112 valence electrons. The van der Waals surface area contributed by atoms with Gasteiger partial charge in [0, 0.05) is 4.47 Å². The number of carbonyl (C=O) groups is 1. The van der Waals surface area contributed by atoms with Crippen LogP contribution in [-0.2, 0) is 10.3 Å². The molecule has 0 heterocycles. The van der Waals surface area contributed by atoms with Crippen molar-refractivity contribution in [2.75, 3.05) is 13.1 Å². The van der Waals surface area contributed by atoms with Crippen molar-refractivity contribution in [1.82, 2.24) is 10.6 Å². The number of nitrogens with one attached hydrogen (secondary N) is 2. The summed E-state index contributed by atoms with van der Waals surface area (Å²) < 4.78 is 1.05. The van der Waals surface area contributed by atoms with Gasteiger partial charge in [0.25, 0.3) is 0 Å². The van der Waals surface area contributed by atoms with E-state index in [2.05, 4.69) is 26.6 Å². The molecule has 0 radical (unpaired) electrons. The standard InChI is InChI=1S/C15H21BrN2O.ClH/c1-15(2,12-5-7-13(16)8-6-12)18-14(19)10-17-9-11-3-4-11;/h5-8,11,17H,3-4,9-10H2,1-2H3,(H,18,19);1H. The molecule has 1 aliphatic carbocycles. The monoisotopic (exact) mass is 360 g/mol. The Kier molecular flexibility index (Phi) is 6.49. The van der Waals surface area contributed by atoms with Gasteiger partial charge in [-0.25, -0.2) is 0 Å². The number of amides is 1. The maximum Gasteiger partial charge on any atom is 0.234 e. The molecule has 1 aliphatic rings. The summed E-state index contributed by atoms with van der Waals surface area (Å²) in [7, 11) is 0. The highest BCUT2D eigenvalue weighted by Crippen LogP contribution is 2.27. The Morgan fingerprint density at radius 1 is 1.30 bits per heavy atom. The molecule has 0 aliphatic heterocycles. The smallest absolute Gasteiger partial charge is 0.234 e. The van der Waals surface area contributed by atoms with Crippen molar-refractivity contribution in [3.8, 4) is 0 Å². The molecule has 0 saturated heterocycles. The first-order valence-electron chi connectivity index (χ1n) is 6.75. The minimum atomic E-state index is -0.348. The first-order chi connectivity index (χ1) is 8.97. The van der Waals surface area contributed by atoms with Crippen LogP contribution in [-0.4, -0.2) is 19.0 Å². The summed E-state index contributed by atoms with van der Waals surface area (Å²) in [6, 6.07) is 8.05. The highest BCUT2D eigenvalue weighted by Gasteiger charge is 2.24. The summed E-state index contributed by atoms with van der Waals surface area (Å²) in [4.78, 5) is 11.9. The lowest BCUT2D eigenvalue weighted by atomic mass is 9.94. The van der Waals surface area contributed by atoms with Crippen LogP contribution in [0.3, 0.4) is 0 Å². The van der Waals surface area contributed by atoms with Crippen LogP contribution in [0.4, 0.5) is 0 Å². The van der Waals surface area contributed by atoms with E-state index < -0.39 is 0 Å². The number of rotatable bonds is 6. The molecule has 20 heavy (non-hydrogen) atoms. The van der Waals surface area contributed by atoms with Gasteiger partial charge < -0.3 is 10.6 Å². The van der Waals surface area contributed by atoms with Crippen molar-refractivity contribution < 1.29 is 4.79 Å². The molecule has 1 aromatic carbocycles. The lowest BCUT2D eigenvalue weighted by molar-refractivity contribution is -0.121. The Morgan fingerprint density at radius 2 is 1.90 bits per heavy atom. The molecule has 1 fully saturated rings. The molecule has 1 amide bonds. The maximum absolute atomic E-state index is 11.9. The van der Waals surface area contributed by atoms with Crippen molar-refractivity contribution in [2.24, 2.45) is 5.92 Å². The van der Waals surface area contributed by atoms with Gasteiger partial charge in [0.05, 0.1) is 12.1 Å². The second-order valence-electron chi connectivity index (χ2n) is 5.75. The molecule has 0 bridgehead atoms. The van der Waals surface area contributed by atoms with Gasteiger partial charge in [-0.15, -0.1) is 12.4 Å². The molecule has 2 N–H and O–H groups in total. The first kappa shape index (κ1) is 17.5. The summed E-state index contributed by atoms with van der Waals surface area (Å²) >= 11 is 3.42. The molecular formula is C15H22BrClN2O. The minimum absolute atomic E-state index is 0. The molecule has 1 aromatic rings. The molecule has 0 unspecified atom stereocenters. The van der Waals surface area contributed by atoms with Crippen molar-refractivity contribution in [1.29, 1.82) is 0 Å². The second kappa shape index (κ2) is 7.43. The Labute approximate surface area is 135 Å². The number of hydrogen-bond acceptors (Lipinski definition) is 2. The Bertz CT molecular complexity index is 444. The van der Waals surface area contributed by atoms with E-state index in [4.69, 9.17) is 0 Å². The van der Waals surface area contributed by atoms with Gasteiger partial charge in [-0.3, -0.25) is 4.79 Å². The minimum Gasteiger partial charge on any atom is -0.346 e. The first-order valence-corrected chi connectivity index (χ1v) is 7.54. The molecular weight excluding hydrogens is 340 g/mol. The van der Waals surface area contributed by atoms with E-state index in [1.54, 1.807) is 0 Å². The van der Waals surface area contributed by atoms with Crippen LogP contribution < -0.4 is 10.6 Å². The van der Waals surface area contributed by atoms with Crippen LogP contribution >= 0.6 is 28.3 Å². The fourth-order valence-corrected chi connectivity index (χ4v) is 2.31. The summed E-state index contributed by atoms with van der Waals surface area (Å²) in [6.07, 6.45) is 2.61. The topological polar surface area (TPSA) is 41.1 Å². The largest absolute Gasteiger partial charge is 0.346 e. The lowest BCUT2D eigenvalue weighted by Gasteiger charge is -2.27. The van der Waals surface area contributed by atoms with E-state index in [-0.39, 0.29) is 23.9 Å². The average Bonchev–Trinajstić information content (AvgIpc) is 3.13. The van der Waals surface area contributed by atoms with Gasteiger partial charge in [-0.1, -0.05) is 28.1 Å². The third kappa shape index (κ3) is 5.43. The van der Waals surface area contributed by atoms with Gasteiger partial charge in [-0.2, -0.15) is 0 Å². The molecule has 0 atom stereocenters. The highest BCUT2D eigenvalue weighted by molar-refractivity contribution is 9.10. The van der Waals surface area contributed by atoms with Crippen molar-refractivity contribution in [3.63, 3.8) is 0 Å². The van der Waals surface area contributed by atoms with Gasteiger partial charge in [0.15, 0.2) is 0 Å². The molecule has 0 aromatic heterocycles. The summed E-state index contributed by atoms with van der Waals surface area (Å²) in [5.41, 5.74) is 0.755. The zero-order valence-corrected chi connectivity index (χ0v) is 14.3. The van der Waals surface area contributed by atoms with Crippen LogP contribution in [0.25, 0.3) is 0 Å². The van der Waals surface area contributed by atoms with Crippen LogP contribution in [0.2, 0.25) is 0 Å². The summed E-state index contributed by atoms with van der Waals surface area (Å²) in [5, 5.41) is 6.28. The van der Waals surface area contributed by atoms with E-state index in [9.17, 15) is 4.79 Å². The molecule has 3 nitrogen and oxygen atoms in total. The maximum atomic E-state index is 11.9. The van der Waals surface area contributed by atoms with E-state index in [0.717, 1.165) is 22.5 Å². The molecule has 0 spiro atoms. The van der Waals surface area contributed by atoms with Gasteiger partial charge in [-0.05, 0) is 56.8 Å². The predicted molar refractivity (Wildman–Crippen MR) is 88.2 cm³/mol. The zero-order valence-electron chi connectivity index (χ0n) is 11.9. The van der Waals surface area contributed by atoms with Crippen LogP contribution in [0.15, 0.2) is 28.7 Å². The van der Waals surface area contributed by atoms with E-state index in [1.165, 1.54) is 12.8 Å². The fraction of sp³-hybridized carbons (Fsp3) is 0.533. The highest BCUT2D eigenvalue weighted by atomic mass is 79.9. The third-order valence-electron chi connectivity index (χ3n) is 3.43. The normalized spacial score (nSPS) is 14.6. The Morgan fingerprint density at radius 3 is 2.45 bits per heavy atom. The SMILES string of the molecule is CC(C)(NC(=O)CNCC1CC1)c1ccc(Br)cc1.Cl. The number of benzene rings is 1. The number of carbonyl (C=O) groups excluding carboxylic acids is 1. The van der Waals surface area contributed by atoms with Crippen molar-refractivity contribution in [2.45, 2.75) is 32.2 Å². The molecule has 5 heteroatoms. The van der Waals surface area contributed by atoms with Crippen LogP contribution in [0.5, 0.6) is 0 Å². The van der Waals surface area contributed by atoms with Crippen molar-refractivity contribution in [3.05, 3.63) is 34.3 Å². The average molecular weight is 362 g/mol. The summed E-state index contributed by atoms with van der Waals surface area (Å²) in [5.74, 6) is 0.848. The quantitative estimate of drug-likeness (QED) is 0.817. The van der Waals surface area contributed by atoms with Gasteiger partial charge in [0.2, 0.25) is 5.91 Å². The van der Waals surface area contributed by atoms with Crippen LogP contribution in [0, 0.1) is 5.92 Å². The second-order valence-corrected chi connectivity index (χ2v) is 6.67. The van der Waals surface area contributed by atoms with E-state index in [1.807, 2.05) is 38.1 Å². The fourth-order valence-electron chi connectivity index (χ4n) is 2.04. The number of halogens is 2. The van der Waals surface area contributed by atoms with Gasteiger partial charge in [0.1, 0.15) is 0 Å². The Hall–Kier alpha value is -0.580. The predicted octanol–water partition coefficient (Wildman–Crippen LogP) is 3.22. The Balaban J connectivity index is 0.00000200. The number of hydrogen-bond donors (Lipinski definition) is 2. The third-order valence-corrected chi connectivity index (χ3v) is 3.96. The molecule has 1 saturated carbocycles. The summed E-state index contributed by atoms with van der Waals surface area (Å²) in [6.45, 7) is 5.41. The molecule has 2 rings (SSSR count).